The van der Waals surface area contributed by atoms with Crippen molar-refractivity contribution in [2.24, 2.45) is 5.16 Å². The fourth-order valence-electron chi connectivity index (χ4n) is 4.94. The van der Waals surface area contributed by atoms with Gasteiger partial charge >= 0.3 is 5.97 Å². The van der Waals surface area contributed by atoms with Gasteiger partial charge in [-0.3, -0.25) is 0 Å². The van der Waals surface area contributed by atoms with E-state index in [4.69, 9.17) is 35.4 Å². The van der Waals surface area contributed by atoms with E-state index in [9.17, 15) is 4.79 Å². The Morgan fingerprint density at radius 3 is 2.71 bits per heavy atom. The van der Waals surface area contributed by atoms with E-state index in [0.29, 0.717) is 29.5 Å². The molecule has 12 nitrogen and oxygen atoms in total. The summed E-state index contributed by atoms with van der Waals surface area (Å²) in [6.45, 7) is 2.15. The lowest BCUT2D eigenvalue weighted by Crippen LogP contribution is -2.24. The summed E-state index contributed by atoms with van der Waals surface area (Å²) in [5.74, 6) is 0.576. The molecule has 0 aliphatic carbocycles. The summed E-state index contributed by atoms with van der Waals surface area (Å²) in [6.07, 6.45) is 1.43. The maximum absolute atomic E-state index is 12.5. The lowest BCUT2D eigenvalue weighted by molar-refractivity contribution is -0.135. The Morgan fingerprint density at radius 1 is 1.10 bits per heavy atom. The number of methoxy groups -OCH3 is 2. The van der Waals surface area contributed by atoms with Crippen LogP contribution in [0.1, 0.15) is 48.2 Å². The summed E-state index contributed by atoms with van der Waals surface area (Å²) in [5.41, 5.74) is 3.36. The third kappa shape index (κ3) is 5.48. The number of oxime groups is 1. The van der Waals surface area contributed by atoms with E-state index in [0.717, 1.165) is 22.5 Å². The van der Waals surface area contributed by atoms with Gasteiger partial charge in [-0.25, -0.2) is 9.48 Å². The molecule has 0 unspecified atom stereocenters. The summed E-state index contributed by atoms with van der Waals surface area (Å²) >= 11 is 6.50. The molecule has 2 aromatic carbocycles. The first-order chi connectivity index (χ1) is 20.0. The average Bonchev–Trinajstić information content (AvgIpc) is 3.63. The summed E-state index contributed by atoms with van der Waals surface area (Å²) < 4.78 is 26.9. The highest BCUT2D eigenvalue weighted by Crippen LogP contribution is 2.46. The Bertz CT molecular complexity index is 1570. The molecule has 0 amide bonds. The zero-order valence-electron chi connectivity index (χ0n) is 23.0. The Hall–Kier alpha value is -4.42. The minimum absolute atomic E-state index is 0.121. The lowest BCUT2D eigenvalue weighted by atomic mass is 9.98. The minimum Gasteiger partial charge on any atom is -0.493 e. The van der Waals surface area contributed by atoms with Crippen molar-refractivity contribution in [3.05, 3.63) is 82.4 Å². The number of esters is 1. The number of carbonyl (C=O) groups excluding carboxylic acids is 1. The number of carbonyl (C=O) groups is 1. The smallest absolute Gasteiger partial charge is 0.364 e. The molecule has 0 N–H and O–H groups in total. The zero-order valence-corrected chi connectivity index (χ0v) is 23.7. The standard InChI is InChI=1S/C28H29ClN6O6/c1-5-40-28(36)24(31-39-4)27-30-32-33-35(27)15-13-22-21-9-7-14-34(21)20-12-11-17(29)16-19(20)25(41-22)18-8-6-10-23(37-2)26(18)38-3/h6-12,14,16,22,25H,5,13,15H2,1-4H3/t22-,25-/m1/s1. The number of ether oxygens (including phenoxy) is 4. The van der Waals surface area contributed by atoms with Gasteiger partial charge in [0, 0.05) is 28.9 Å². The molecule has 214 valence electrons. The van der Waals surface area contributed by atoms with E-state index < -0.39 is 18.2 Å². The van der Waals surface area contributed by atoms with Gasteiger partial charge in [-0.15, -0.1) is 5.10 Å². The van der Waals surface area contributed by atoms with Crippen molar-refractivity contribution in [3.8, 4) is 17.2 Å². The molecule has 1 aliphatic heterocycles. The molecule has 0 bridgehead atoms. The van der Waals surface area contributed by atoms with E-state index in [1.165, 1.54) is 11.8 Å². The fraction of sp³-hybridized carbons (Fsp3) is 0.321. The summed E-state index contributed by atoms with van der Waals surface area (Å²) in [7, 11) is 4.52. The van der Waals surface area contributed by atoms with Crippen LogP contribution in [0.4, 0.5) is 0 Å². The number of aromatic nitrogens is 5. The second-order valence-electron chi connectivity index (χ2n) is 8.95. The number of hydrogen-bond donors (Lipinski definition) is 0. The summed E-state index contributed by atoms with van der Waals surface area (Å²) in [5, 5.41) is 16.2. The first-order valence-corrected chi connectivity index (χ1v) is 13.3. The number of hydrogen-bond acceptors (Lipinski definition) is 10. The molecular weight excluding hydrogens is 552 g/mol. The molecule has 5 rings (SSSR count). The Morgan fingerprint density at radius 2 is 1.95 bits per heavy atom. The van der Waals surface area contributed by atoms with Crippen LogP contribution in [0, 0.1) is 0 Å². The first kappa shape index (κ1) is 28.1. The molecule has 41 heavy (non-hydrogen) atoms. The van der Waals surface area contributed by atoms with Gasteiger partial charge in [-0.1, -0.05) is 28.9 Å². The predicted octanol–water partition coefficient (Wildman–Crippen LogP) is 4.30. The van der Waals surface area contributed by atoms with Crippen molar-refractivity contribution in [3.63, 3.8) is 0 Å². The normalized spacial score (nSPS) is 16.4. The molecule has 0 saturated heterocycles. The van der Waals surface area contributed by atoms with Gasteiger partial charge in [-0.2, -0.15) is 0 Å². The maximum Gasteiger partial charge on any atom is 0.364 e. The third-order valence-electron chi connectivity index (χ3n) is 6.66. The van der Waals surface area contributed by atoms with E-state index in [2.05, 4.69) is 25.2 Å². The Balaban J connectivity index is 1.55. The van der Waals surface area contributed by atoms with Gasteiger partial charge in [0.25, 0.3) is 0 Å². The van der Waals surface area contributed by atoms with Gasteiger partial charge in [-0.05, 0) is 60.2 Å². The number of rotatable bonds is 10. The summed E-state index contributed by atoms with van der Waals surface area (Å²) in [6, 6.07) is 15.4. The molecule has 4 aromatic rings. The number of nitrogens with zero attached hydrogens (tertiary/aromatic N) is 6. The topological polar surface area (TPSA) is 124 Å². The maximum atomic E-state index is 12.5. The van der Waals surface area contributed by atoms with Gasteiger partial charge in [0.05, 0.1) is 32.2 Å². The van der Waals surface area contributed by atoms with E-state index in [1.807, 2.05) is 54.7 Å². The molecule has 0 spiro atoms. The largest absolute Gasteiger partial charge is 0.493 e. The van der Waals surface area contributed by atoms with Crippen LogP contribution >= 0.6 is 11.6 Å². The lowest BCUT2D eigenvalue weighted by Gasteiger charge is -2.25. The van der Waals surface area contributed by atoms with E-state index in [1.54, 1.807) is 21.1 Å². The van der Waals surface area contributed by atoms with Crippen molar-refractivity contribution >= 4 is 23.3 Å². The average molecular weight is 581 g/mol. The molecule has 2 atom stereocenters. The Labute approximate surface area is 241 Å². The fourth-order valence-corrected chi connectivity index (χ4v) is 5.12. The molecular formula is C28H29ClN6O6. The van der Waals surface area contributed by atoms with Crippen LogP contribution in [0.3, 0.4) is 0 Å². The first-order valence-electron chi connectivity index (χ1n) is 12.9. The highest BCUT2D eigenvalue weighted by molar-refractivity contribution is 6.42. The van der Waals surface area contributed by atoms with Crippen molar-refractivity contribution in [2.75, 3.05) is 27.9 Å². The number of tetrazole rings is 1. The van der Waals surface area contributed by atoms with E-state index in [-0.39, 0.29) is 18.1 Å². The summed E-state index contributed by atoms with van der Waals surface area (Å²) in [4.78, 5) is 17.4. The monoisotopic (exact) mass is 580 g/mol. The van der Waals surface area contributed by atoms with Crippen molar-refractivity contribution < 1.29 is 28.6 Å². The van der Waals surface area contributed by atoms with Crippen LogP contribution in [0.5, 0.6) is 11.5 Å². The third-order valence-corrected chi connectivity index (χ3v) is 6.89. The molecule has 0 radical (unpaired) electrons. The van der Waals surface area contributed by atoms with Crippen LogP contribution in [0.15, 0.2) is 59.9 Å². The molecule has 0 fully saturated rings. The highest BCUT2D eigenvalue weighted by atomic mass is 35.5. The molecule has 0 saturated carbocycles. The Kier molecular flexibility index (Phi) is 8.50. The van der Waals surface area contributed by atoms with Crippen LogP contribution in [-0.4, -0.2) is 64.4 Å². The van der Waals surface area contributed by atoms with Crippen LogP contribution in [-0.2, 0) is 25.7 Å². The van der Waals surface area contributed by atoms with Gasteiger partial charge in [0.2, 0.25) is 11.5 Å². The van der Waals surface area contributed by atoms with Crippen molar-refractivity contribution in [1.29, 1.82) is 0 Å². The molecule has 1 aliphatic rings. The number of para-hydroxylation sites is 1. The second kappa shape index (κ2) is 12.4. The van der Waals surface area contributed by atoms with Crippen molar-refractivity contribution in [2.45, 2.75) is 32.1 Å². The molecule has 3 heterocycles. The highest BCUT2D eigenvalue weighted by Gasteiger charge is 2.33. The number of benzene rings is 2. The van der Waals surface area contributed by atoms with Gasteiger partial charge < -0.3 is 28.4 Å². The minimum atomic E-state index is -0.692. The number of fused-ring (bicyclic) bond motifs is 3. The van der Waals surface area contributed by atoms with Gasteiger partial charge in [0.15, 0.2) is 11.5 Å². The molecule has 13 heteroatoms. The van der Waals surface area contributed by atoms with Crippen LogP contribution in [0.25, 0.3) is 5.69 Å². The second-order valence-corrected chi connectivity index (χ2v) is 9.39. The molecule has 2 aromatic heterocycles. The SMILES string of the molecule is CCOC(=O)C(=NOC)c1nnnn1CC[C@H]1O[C@H](c2cccc(OC)c2OC)c2cc(Cl)ccc2-n2cccc21. The van der Waals surface area contributed by atoms with E-state index >= 15 is 0 Å². The van der Waals surface area contributed by atoms with Gasteiger partial charge in [0.1, 0.15) is 19.3 Å². The van der Waals surface area contributed by atoms with Crippen molar-refractivity contribution in [1.82, 2.24) is 24.8 Å². The number of aryl methyl sites for hydroxylation is 1. The predicted molar refractivity (Wildman–Crippen MR) is 149 cm³/mol. The van der Waals surface area contributed by atoms with Crippen LogP contribution in [0.2, 0.25) is 5.02 Å². The zero-order chi connectivity index (χ0) is 28.9. The quantitative estimate of drug-likeness (QED) is 0.153. The van der Waals surface area contributed by atoms with Crippen LogP contribution < -0.4 is 9.47 Å². The number of halogens is 1.